The van der Waals surface area contributed by atoms with E-state index in [1.807, 2.05) is 0 Å². The molecule has 0 spiro atoms. The Kier molecular flexibility index (Phi) is 4.33. The Hall–Kier alpha value is 0.0500. The lowest BCUT2D eigenvalue weighted by molar-refractivity contribution is 0.741. The van der Waals surface area contributed by atoms with Gasteiger partial charge in [-0.25, -0.2) is 0 Å². The zero-order chi connectivity index (χ0) is 9.84. The largest absolute Gasteiger partial charge is 0.179 e. The van der Waals surface area contributed by atoms with Crippen LogP contribution in [-0.4, -0.2) is 5.75 Å². The predicted octanol–water partition coefficient (Wildman–Crippen LogP) is 4.18. The summed E-state index contributed by atoms with van der Waals surface area (Å²) in [6.07, 6.45) is 1.14. The molecule has 1 aromatic rings. The van der Waals surface area contributed by atoms with E-state index in [-0.39, 0.29) is 0 Å². The van der Waals surface area contributed by atoms with E-state index in [1.54, 1.807) is 0 Å². The van der Waals surface area contributed by atoms with E-state index < -0.39 is 0 Å². The fourth-order valence-electron chi connectivity index (χ4n) is 1.33. The molecule has 0 saturated heterocycles. The van der Waals surface area contributed by atoms with Gasteiger partial charge in [0.05, 0.1) is 0 Å². The molecule has 0 heterocycles. The SMILES string of the molecule is Cc1cc(C(C)CCS)ccc1Br. The Morgan fingerprint density at radius 1 is 1.46 bits per heavy atom. The maximum absolute atomic E-state index is 4.25. The molecule has 0 bridgehead atoms. The second kappa shape index (κ2) is 5.06. The molecule has 0 aromatic heterocycles. The maximum Gasteiger partial charge on any atom is 0.0204 e. The van der Waals surface area contributed by atoms with E-state index in [2.05, 4.69) is 60.6 Å². The number of hydrogen-bond donors (Lipinski definition) is 1. The average molecular weight is 259 g/mol. The van der Waals surface area contributed by atoms with Crippen molar-refractivity contribution in [1.82, 2.24) is 0 Å². The predicted molar refractivity (Wildman–Crippen MR) is 65.8 cm³/mol. The van der Waals surface area contributed by atoms with Crippen molar-refractivity contribution in [2.45, 2.75) is 26.2 Å². The van der Waals surface area contributed by atoms with E-state index in [0.29, 0.717) is 5.92 Å². The summed E-state index contributed by atoms with van der Waals surface area (Å²) in [6.45, 7) is 4.37. The molecule has 1 atom stereocenters. The lowest BCUT2D eigenvalue weighted by Crippen LogP contribution is -1.95. The summed E-state index contributed by atoms with van der Waals surface area (Å²) in [5.74, 6) is 1.57. The van der Waals surface area contributed by atoms with Gasteiger partial charge in [-0.05, 0) is 42.2 Å². The minimum Gasteiger partial charge on any atom is -0.179 e. The molecule has 1 rings (SSSR count). The van der Waals surface area contributed by atoms with E-state index in [4.69, 9.17) is 0 Å². The summed E-state index contributed by atoms with van der Waals surface area (Å²) in [5, 5.41) is 0. The van der Waals surface area contributed by atoms with Crippen molar-refractivity contribution in [3.63, 3.8) is 0 Å². The summed E-state index contributed by atoms with van der Waals surface area (Å²) in [7, 11) is 0. The highest BCUT2D eigenvalue weighted by Gasteiger charge is 2.05. The van der Waals surface area contributed by atoms with Crippen LogP contribution in [0.1, 0.15) is 30.4 Å². The summed E-state index contributed by atoms with van der Waals surface area (Å²) in [4.78, 5) is 0. The summed E-state index contributed by atoms with van der Waals surface area (Å²) >= 11 is 7.75. The first-order chi connectivity index (χ1) is 6.15. The van der Waals surface area contributed by atoms with Gasteiger partial charge in [0.15, 0.2) is 0 Å². The quantitative estimate of drug-likeness (QED) is 0.773. The molecular formula is C11H15BrS. The average Bonchev–Trinajstić information content (AvgIpc) is 2.10. The van der Waals surface area contributed by atoms with Crippen molar-refractivity contribution in [2.24, 2.45) is 0 Å². The van der Waals surface area contributed by atoms with Gasteiger partial charge in [-0.15, -0.1) is 0 Å². The molecule has 1 unspecified atom stereocenters. The first kappa shape index (κ1) is 11.1. The Labute approximate surface area is 94.3 Å². The van der Waals surface area contributed by atoms with Crippen LogP contribution in [0.4, 0.5) is 0 Å². The Morgan fingerprint density at radius 2 is 2.15 bits per heavy atom. The highest BCUT2D eigenvalue weighted by molar-refractivity contribution is 9.10. The molecule has 0 N–H and O–H groups in total. The van der Waals surface area contributed by atoms with Crippen molar-refractivity contribution in [3.8, 4) is 0 Å². The van der Waals surface area contributed by atoms with E-state index in [1.165, 1.54) is 15.6 Å². The lowest BCUT2D eigenvalue weighted by Gasteiger charge is -2.11. The summed E-state index contributed by atoms with van der Waals surface area (Å²) in [6, 6.07) is 6.56. The Bertz CT molecular complexity index is 283. The molecule has 0 aliphatic rings. The molecular weight excluding hydrogens is 244 g/mol. The molecule has 1 aromatic carbocycles. The number of hydrogen-bond acceptors (Lipinski definition) is 1. The minimum atomic E-state index is 0.615. The fraction of sp³-hybridized carbons (Fsp3) is 0.455. The van der Waals surface area contributed by atoms with E-state index >= 15 is 0 Å². The summed E-state index contributed by atoms with van der Waals surface area (Å²) in [5.41, 5.74) is 2.72. The molecule has 0 radical (unpaired) electrons. The van der Waals surface area contributed by atoms with Crippen LogP contribution in [-0.2, 0) is 0 Å². The van der Waals surface area contributed by atoms with Crippen LogP contribution in [0, 0.1) is 6.92 Å². The van der Waals surface area contributed by atoms with Gasteiger partial charge in [0.1, 0.15) is 0 Å². The molecule has 0 fully saturated rings. The minimum absolute atomic E-state index is 0.615. The molecule has 0 aliphatic carbocycles. The third-order valence-electron chi connectivity index (χ3n) is 2.31. The standard InChI is InChI=1S/C11H15BrS/c1-8(5-6-13)10-3-4-11(12)9(2)7-10/h3-4,7-8,13H,5-6H2,1-2H3. The molecule has 0 nitrogen and oxygen atoms in total. The maximum atomic E-state index is 4.25. The van der Waals surface area contributed by atoms with Crippen LogP contribution in [0.3, 0.4) is 0 Å². The van der Waals surface area contributed by atoms with Crippen molar-refractivity contribution in [3.05, 3.63) is 33.8 Å². The van der Waals surface area contributed by atoms with Crippen LogP contribution >= 0.6 is 28.6 Å². The molecule has 0 amide bonds. The zero-order valence-corrected chi connectivity index (χ0v) is 10.5. The molecule has 0 aliphatic heterocycles. The number of rotatable bonds is 3. The lowest BCUT2D eigenvalue weighted by atomic mass is 9.97. The third-order valence-corrected chi connectivity index (χ3v) is 3.46. The van der Waals surface area contributed by atoms with Crippen LogP contribution < -0.4 is 0 Å². The van der Waals surface area contributed by atoms with Gasteiger partial charge < -0.3 is 0 Å². The van der Waals surface area contributed by atoms with E-state index in [9.17, 15) is 0 Å². The van der Waals surface area contributed by atoms with Gasteiger partial charge in [-0.1, -0.05) is 35.0 Å². The molecule has 13 heavy (non-hydrogen) atoms. The first-order valence-electron chi connectivity index (χ1n) is 4.52. The normalized spacial score (nSPS) is 12.9. The zero-order valence-electron chi connectivity index (χ0n) is 8.05. The number of aryl methyl sites for hydroxylation is 1. The van der Waals surface area contributed by atoms with Crippen molar-refractivity contribution < 1.29 is 0 Å². The number of halogens is 1. The van der Waals surface area contributed by atoms with Gasteiger partial charge in [0.25, 0.3) is 0 Å². The van der Waals surface area contributed by atoms with Crippen LogP contribution in [0.5, 0.6) is 0 Å². The Balaban J connectivity index is 2.84. The fourth-order valence-corrected chi connectivity index (χ4v) is 1.97. The van der Waals surface area contributed by atoms with Gasteiger partial charge in [-0.2, -0.15) is 12.6 Å². The number of thiol groups is 1. The summed E-state index contributed by atoms with van der Waals surface area (Å²) < 4.78 is 1.19. The van der Waals surface area contributed by atoms with Gasteiger partial charge >= 0.3 is 0 Å². The Morgan fingerprint density at radius 3 is 2.69 bits per heavy atom. The van der Waals surface area contributed by atoms with Crippen molar-refractivity contribution >= 4 is 28.6 Å². The number of benzene rings is 1. The van der Waals surface area contributed by atoms with Crippen LogP contribution in [0.2, 0.25) is 0 Å². The van der Waals surface area contributed by atoms with Crippen molar-refractivity contribution in [1.29, 1.82) is 0 Å². The van der Waals surface area contributed by atoms with Crippen LogP contribution in [0.25, 0.3) is 0 Å². The van der Waals surface area contributed by atoms with E-state index in [0.717, 1.165) is 12.2 Å². The third kappa shape index (κ3) is 3.03. The molecule has 2 heteroatoms. The molecule has 0 saturated carbocycles. The highest BCUT2D eigenvalue weighted by Crippen LogP contribution is 2.24. The van der Waals surface area contributed by atoms with Gasteiger partial charge in [0, 0.05) is 4.47 Å². The topological polar surface area (TPSA) is 0 Å². The van der Waals surface area contributed by atoms with Crippen LogP contribution in [0.15, 0.2) is 22.7 Å². The van der Waals surface area contributed by atoms with Crippen molar-refractivity contribution in [2.75, 3.05) is 5.75 Å². The van der Waals surface area contributed by atoms with Gasteiger partial charge in [-0.3, -0.25) is 0 Å². The molecule has 72 valence electrons. The second-order valence-corrected chi connectivity index (χ2v) is 4.72. The second-order valence-electron chi connectivity index (χ2n) is 3.42. The highest BCUT2D eigenvalue weighted by atomic mass is 79.9. The smallest absolute Gasteiger partial charge is 0.0204 e. The monoisotopic (exact) mass is 258 g/mol. The first-order valence-corrected chi connectivity index (χ1v) is 5.94. The van der Waals surface area contributed by atoms with Gasteiger partial charge in [0.2, 0.25) is 0 Å².